The minimum absolute atomic E-state index is 0.0881. The molecule has 1 fully saturated rings. The lowest BCUT2D eigenvalue weighted by Crippen LogP contribution is -2.38. The summed E-state index contributed by atoms with van der Waals surface area (Å²) in [5.41, 5.74) is 4.19. The SMILES string of the molecule is CO[C@H]1CC[C@H](NC(=O)c2cnn3ccc(-c4c[nH]c5nc(NCC(C)(C)C)ncc45)cc23)CC1. The molecule has 5 rings (SSSR count). The van der Waals surface area contributed by atoms with Crippen LogP contribution < -0.4 is 10.6 Å². The quantitative estimate of drug-likeness (QED) is 0.381. The van der Waals surface area contributed by atoms with Crippen LogP contribution in [-0.4, -0.2) is 56.3 Å². The number of fused-ring (bicyclic) bond motifs is 2. The Morgan fingerprint density at radius 1 is 1.23 bits per heavy atom. The number of anilines is 1. The number of pyridine rings is 1. The number of amides is 1. The lowest BCUT2D eigenvalue weighted by atomic mass is 9.93. The molecule has 1 amide bonds. The van der Waals surface area contributed by atoms with Crippen molar-refractivity contribution in [3.63, 3.8) is 0 Å². The Kier molecular flexibility index (Phi) is 6.19. The lowest BCUT2D eigenvalue weighted by Gasteiger charge is -2.28. The van der Waals surface area contributed by atoms with Crippen LogP contribution >= 0.6 is 0 Å². The molecule has 0 unspecified atom stereocenters. The number of hydrogen-bond acceptors (Lipinski definition) is 6. The first-order valence-corrected chi connectivity index (χ1v) is 12.2. The third kappa shape index (κ3) is 5.00. The summed E-state index contributed by atoms with van der Waals surface area (Å²) < 4.78 is 7.18. The average molecular weight is 476 g/mol. The molecule has 1 aliphatic rings. The van der Waals surface area contributed by atoms with E-state index in [1.165, 1.54) is 0 Å². The van der Waals surface area contributed by atoms with Gasteiger partial charge in [-0.25, -0.2) is 9.50 Å². The molecule has 4 aromatic heterocycles. The van der Waals surface area contributed by atoms with E-state index >= 15 is 0 Å². The van der Waals surface area contributed by atoms with Crippen molar-refractivity contribution >= 4 is 28.4 Å². The largest absolute Gasteiger partial charge is 0.381 e. The molecule has 4 aromatic rings. The van der Waals surface area contributed by atoms with Gasteiger partial charge in [0.2, 0.25) is 5.95 Å². The highest BCUT2D eigenvalue weighted by Gasteiger charge is 2.24. The summed E-state index contributed by atoms with van der Waals surface area (Å²) in [5.74, 6) is 0.514. The normalized spacial score (nSPS) is 18.7. The van der Waals surface area contributed by atoms with E-state index < -0.39 is 0 Å². The van der Waals surface area contributed by atoms with E-state index in [-0.39, 0.29) is 17.4 Å². The fourth-order valence-corrected chi connectivity index (χ4v) is 4.60. The van der Waals surface area contributed by atoms with Crippen LogP contribution in [0.3, 0.4) is 0 Å². The molecule has 9 nitrogen and oxygen atoms in total. The van der Waals surface area contributed by atoms with Crippen molar-refractivity contribution < 1.29 is 9.53 Å². The third-order valence-electron chi connectivity index (χ3n) is 6.63. The van der Waals surface area contributed by atoms with E-state index in [9.17, 15) is 4.79 Å². The van der Waals surface area contributed by atoms with Gasteiger partial charge < -0.3 is 20.4 Å². The molecule has 0 aromatic carbocycles. The van der Waals surface area contributed by atoms with Crippen molar-refractivity contribution in [3.05, 3.63) is 42.5 Å². The summed E-state index contributed by atoms with van der Waals surface area (Å²) in [6.45, 7) is 7.28. The van der Waals surface area contributed by atoms with Crippen LogP contribution in [0.4, 0.5) is 5.95 Å². The standard InChI is InChI=1S/C26H33N7O2/c1-26(2,3)15-29-25-28-13-20-19(12-27-23(20)32-25)16-9-10-33-22(11-16)21(14-30-33)24(34)31-17-5-7-18(35-4)8-6-17/h9-14,17-18H,5-8,15H2,1-4H3,(H,31,34)(H2,27,28,29,32)/t17-,18-. The molecule has 4 heterocycles. The number of carbonyl (C=O) groups is 1. The highest BCUT2D eigenvalue weighted by Crippen LogP contribution is 2.30. The van der Waals surface area contributed by atoms with E-state index in [0.29, 0.717) is 17.6 Å². The molecule has 0 atom stereocenters. The van der Waals surface area contributed by atoms with Crippen molar-refractivity contribution in [2.75, 3.05) is 19.0 Å². The van der Waals surface area contributed by atoms with Gasteiger partial charge in [-0.3, -0.25) is 4.79 Å². The molecular formula is C26H33N7O2. The van der Waals surface area contributed by atoms with Crippen LogP contribution in [0.2, 0.25) is 0 Å². The third-order valence-corrected chi connectivity index (χ3v) is 6.63. The van der Waals surface area contributed by atoms with Crippen LogP contribution in [0, 0.1) is 5.41 Å². The van der Waals surface area contributed by atoms with Gasteiger partial charge in [0.25, 0.3) is 5.91 Å². The highest BCUT2D eigenvalue weighted by atomic mass is 16.5. The Balaban J connectivity index is 1.38. The van der Waals surface area contributed by atoms with E-state index in [0.717, 1.165) is 59.9 Å². The van der Waals surface area contributed by atoms with E-state index in [1.807, 2.05) is 30.7 Å². The zero-order chi connectivity index (χ0) is 24.6. The Labute approximate surface area is 204 Å². The number of ether oxygens (including phenoxy) is 1. The monoisotopic (exact) mass is 475 g/mol. The van der Waals surface area contributed by atoms with Crippen molar-refractivity contribution in [2.24, 2.45) is 5.41 Å². The smallest absolute Gasteiger partial charge is 0.255 e. The van der Waals surface area contributed by atoms with Crippen molar-refractivity contribution in [1.82, 2.24) is 29.9 Å². The number of aromatic amines is 1. The molecule has 35 heavy (non-hydrogen) atoms. The Morgan fingerprint density at radius 3 is 2.77 bits per heavy atom. The van der Waals surface area contributed by atoms with Gasteiger partial charge in [0.1, 0.15) is 5.65 Å². The van der Waals surface area contributed by atoms with Crippen LogP contribution in [-0.2, 0) is 4.74 Å². The number of aromatic nitrogens is 5. The number of nitrogens with zero attached hydrogens (tertiary/aromatic N) is 4. The van der Waals surface area contributed by atoms with E-state index in [1.54, 1.807) is 17.8 Å². The summed E-state index contributed by atoms with van der Waals surface area (Å²) in [6.07, 6.45) is 11.4. The van der Waals surface area contributed by atoms with Crippen molar-refractivity contribution in [3.8, 4) is 11.1 Å². The summed E-state index contributed by atoms with van der Waals surface area (Å²) in [6, 6.07) is 4.15. The molecule has 184 valence electrons. The van der Waals surface area contributed by atoms with Gasteiger partial charge in [-0.15, -0.1) is 0 Å². The second-order valence-electron chi connectivity index (χ2n) is 10.6. The topological polar surface area (TPSA) is 109 Å². The molecule has 0 spiro atoms. The molecule has 3 N–H and O–H groups in total. The molecular weight excluding hydrogens is 442 g/mol. The number of H-pyrrole nitrogens is 1. The Morgan fingerprint density at radius 2 is 2.03 bits per heavy atom. The van der Waals surface area contributed by atoms with Gasteiger partial charge >= 0.3 is 0 Å². The molecule has 0 radical (unpaired) electrons. The molecule has 0 saturated heterocycles. The van der Waals surface area contributed by atoms with Gasteiger partial charge in [0, 0.05) is 49.2 Å². The molecule has 1 aliphatic carbocycles. The van der Waals surface area contributed by atoms with Gasteiger partial charge in [0.05, 0.1) is 23.4 Å². The Hall–Kier alpha value is -3.46. The van der Waals surface area contributed by atoms with Gasteiger partial charge in [-0.2, -0.15) is 10.1 Å². The summed E-state index contributed by atoms with van der Waals surface area (Å²) >= 11 is 0. The maximum Gasteiger partial charge on any atom is 0.255 e. The second-order valence-corrected chi connectivity index (χ2v) is 10.6. The zero-order valence-electron chi connectivity index (χ0n) is 20.8. The predicted octanol–water partition coefficient (Wildman–Crippen LogP) is 4.42. The fourth-order valence-electron chi connectivity index (χ4n) is 4.60. The van der Waals surface area contributed by atoms with Crippen LogP contribution in [0.25, 0.3) is 27.7 Å². The average Bonchev–Trinajstić information content (AvgIpc) is 3.46. The van der Waals surface area contributed by atoms with Crippen molar-refractivity contribution in [2.45, 2.75) is 58.6 Å². The van der Waals surface area contributed by atoms with E-state index in [4.69, 9.17) is 4.74 Å². The van der Waals surface area contributed by atoms with Crippen LogP contribution in [0.1, 0.15) is 56.8 Å². The summed E-state index contributed by atoms with van der Waals surface area (Å²) in [7, 11) is 1.75. The maximum atomic E-state index is 13.1. The Bertz CT molecular complexity index is 1340. The predicted molar refractivity (Wildman–Crippen MR) is 137 cm³/mol. The first kappa shape index (κ1) is 23.3. The number of hydrogen-bond donors (Lipinski definition) is 3. The first-order chi connectivity index (χ1) is 16.8. The summed E-state index contributed by atoms with van der Waals surface area (Å²) in [4.78, 5) is 25.5. The zero-order valence-corrected chi connectivity index (χ0v) is 20.8. The molecule has 0 bridgehead atoms. The molecule has 9 heteroatoms. The summed E-state index contributed by atoms with van der Waals surface area (Å²) in [5, 5.41) is 11.8. The van der Waals surface area contributed by atoms with Crippen LogP contribution in [0.15, 0.2) is 36.9 Å². The first-order valence-electron chi connectivity index (χ1n) is 12.2. The fraction of sp³-hybridized carbons (Fsp3) is 0.462. The van der Waals surface area contributed by atoms with Gasteiger partial charge in [-0.05, 0) is 48.8 Å². The maximum absolute atomic E-state index is 13.1. The lowest BCUT2D eigenvalue weighted by molar-refractivity contribution is 0.0599. The van der Waals surface area contributed by atoms with Gasteiger partial charge in [0.15, 0.2) is 0 Å². The number of carbonyl (C=O) groups excluding carboxylic acids is 1. The van der Waals surface area contributed by atoms with Gasteiger partial charge in [-0.1, -0.05) is 20.8 Å². The van der Waals surface area contributed by atoms with Crippen LogP contribution in [0.5, 0.6) is 0 Å². The molecule has 0 aliphatic heterocycles. The molecule has 1 saturated carbocycles. The number of methoxy groups -OCH3 is 1. The highest BCUT2D eigenvalue weighted by molar-refractivity contribution is 6.02. The van der Waals surface area contributed by atoms with E-state index in [2.05, 4.69) is 51.5 Å². The van der Waals surface area contributed by atoms with Crippen molar-refractivity contribution in [1.29, 1.82) is 0 Å². The minimum Gasteiger partial charge on any atom is -0.381 e. The number of rotatable bonds is 6. The second kappa shape index (κ2) is 9.30. The number of nitrogens with one attached hydrogen (secondary N) is 3. The minimum atomic E-state index is -0.0881.